The van der Waals surface area contributed by atoms with Crippen molar-refractivity contribution in [1.29, 1.82) is 0 Å². The second-order valence-electron chi connectivity index (χ2n) is 7.20. The second kappa shape index (κ2) is 10.8. The first kappa shape index (κ1) is 23.4. The molecular weight excluding hydrogens is 463 g/mol. The third kappa shape index (κ3) is 6.59. The summed E-state index contributed by atoms with van der Waals surface area (Å²) in [6.07, 6.45) is 2.63. The molecule has 0 radical (unpaired) electrons. The fraction of sp³-hybridized carbons (Fsp3) is 0.381. The monoisotopic (exact) mass is 484 g/mol. The topological polar surface area (TPSA) is 105 Å². The summed E-state index contributed by atoms with van der Waals surface area (Å²) < 4.78 is 6.27. The Bertz CT molecular complexity index is 920. The van der Waals surface area contributed by atoms with Crippen LogP contribution >= 0.6 is 34.5 Å². The number of halogens is 2. The number of rotatable bonds is 8. The number of hydrogen-bond donors (Lipinski definition) is 3. The zero-order valence-electron chi connectivity index (χ0n) is 16.5. The Kier molecular flexibility index (Phi) is 8.17. The van der Waals surface area contributed by atoms with Crippen LogP contribution in [0.25, 0.3) is 0 Å². The predicted molar refractivity (Wildman–Crippen MR) is 119 cm³/mol. The number of carboxylic acid groups (broad SMARTS) is 1. The molecule has 7 nitrogen and oxygen atoms in total. The van der Waals surface area contributed by atoms with E-state index in [1.165, 1.54) is 6.07 Å². The Labute approximate surface area is 193 Å². The molecule has 1 fully saturated rings. The third-order valence-electron chi connectivity index (χ3n) is 5.01. The van der Waals surface area contributed by atoms with Crippen molar-refractivity contribution in [2.24, 2.45) is 5.92 Å². The van der Waals surface area contributed by atoms with Gasteiger partial charge in [-0.3, -0.25) is 14.4 Å². The Balaban J connectivity index is 1.39. The van der Waals surface area contributed by atoms with Crippen LogP contribution in [-0.4, -0.2) is 42.1 Å². The molecule has 2 amide bonds. The molecule has 0 spiro atoms. The first-order chi connectivity index (χ1) is 14.8. The minimum atomic E-state index is -0.742. The molecule has 166 valence electrons. The zero-order chi connectivity index (χ0) is 22.4. The van der Waals surface area contributed by atoms with Crippen LogP contribution < -0.4 is 15.4 Å². The molecule has 31 heavy (non-hydrogen) atoms. The summed E-state index contributed by atoms with van der Waals surface area (Å²) in [4.78, 5) is 35.7. The van der Waals surface area contributed by atoms with E-state index in [2.05, 4.69) is 10.6 Å². The van der Waals surface area contributed by atoms with Gasteiger partial charge in [-0.15, -0.1) is 11.3 Å². The summed E-state index contributed by atoms with van der Waals surface area (Å²) in [6, 6.07) is 8.29. The Morgan fingerprint density at radius 3 is 2.16 bits per heavy atom. The third-order valence-corrected chi connectivity index (χ3v) is 6.87. The molecule has 0 bridgehead atoms. The summed E-state index contributed by atoms with van der Waals surface area (Å²) in [5, 5.41) is 14.8. The lowest BCUT2D eigenvalue weighted by molar-refractivity contribution is -0.143. The number of aliphatic carboxylic acids is 1. The van der Waals surface area contributed by atoms with Crippen molar-refractivity contribution in [3.05, 3.63) is 50.1 Å². The van der Waals surface area contributed by atoms with E-state index in [1.54, 1.807) is 24.3 Å². The average Bonchev–Trinajstić information content (AvgIpc) is 3.10. The largest absolute Gasteiger partial charge is 0.490 e. The van der Waals surface area contributed by atoms with Gasteiger partial charge in [-0.2, -0.15) is 0 Å². The standard InChI is InChI=1S/C21H22Cl2N2O5S/c22-16-11-17(31-18(16)23)20(27)25-10-9-24-19(26)12-1-5-14(6-2-12)30-15-7-3-13(4-8-15)21(28)29/h1-2,5-6,11,13,15H,3-4,7-10H2,(H,24,26)(H,25,27)(H,28,29)/t13-,15+. The number of hydrogen-bond acceptors (Lipinski definition) is 5. The summed E-state index contributed by atoms with van der Waals surface area (Å²) in [5.41, 5.74) is 0.477. The van der Waals surface area contributed by atoms with Crippen molar-refractivity contribution in [3.8, 4) is 5.75 Å². The number of amides is 2. The molecule has 1 aliphatic rings. The molecule has 1 saturated carbocycles. The van der Waals surface area contributed by atoms with Gasteiger partial charge >= 0.3 is 5.97 Å². The number of benzene rings is 1. The maximum atomic E-state index is 12.3. The lowest BCUT2D eigenvalue weighted by Gasteiger charge is -2.26. The maximum Gasteiger partial charge on any atom is 0.306 e. The molecule has 0 aliphatic heterocycles. The maximum absolute atomic E-state index is 12.3. The Hall–Kier alpha value is -2.29. The molecule has 1 heterocycles. The fourth-order valence-corrected chi connectivity index (χ4v) is 4.59. The lowest BCUT2D eigenvalue weighted by Crippen LogP contribution is -2.34. The van der Waals surface area contributed by atoms with Gasteiger partial charge in [0.25, 0.3) is 11.8 Å². The highest BCUT2D eigenvalue weighted by Crippen LogP contribution is 2.31. The molecule has 1 aromatic heterocycles. The van der Waals surface area contributed by atoms with Gasteiger partial charge in [0.05, 0.1) is 21.9 Å². The Morgan fingerprint density at radius 2 is 1.61 bits per heavy atom. The van der Waals surface area contributed by atoms with Crippen LogP contribution in [0, 0.1) is 5.92 Å². The molecule has 1 aliphatic carbocycles. The molecule has 2 aromatic rings. The molecule has 3 N–H and O–H groups in total. The van der Waals surface area contributed by atoms with E-state index in [0.717, 1.165) is 11.3 Å². The van der Waals surface area contributed by atoms with Gasteiger partial charge in [0.2, 0.25) is 0 Å². The van der Waals surface area contributed by atoms with E-state index < -0.39 is 5.97 Å². The van der Waals surface area contributed by atoms with Gasteiger partial charge in [0.1, 0.15) is 10.1 Å². The number of carboxylic acids is 1. The van der Waals surface area contributed by atoms with Gasteiger partial charge in [0, 0.05) is 18.7 Å². The molecular formula is C21H22Cl2N2O5S. The van der Waals surface area contributed by atoms with Crippen molar-refractivity contribution < 1.29 is 24.2 Å². The van der Waals surface area contributed by atoms with Crippen molar-refractivity contribution in [2.75, 3.05) is 13.1 Å². The predicted octanol–water partition coefficient (Wildman–Crippen LogP) is 4.24. The fourth-order valence-electron chi connectivity index (χ4n) is 3.30. The molecule has 10 heteroatoms. The van der Waals surface area contributed by atoms with Crippen LogP contribution in [0.1, 0.15) is 45.7 Å². The van der Waals surface area contributed by atoms with Gasteiger partial charge in [0.15, 0.2) is 0 Å². The average molecular weight is 485 g/mol. The highest BCUT2D eigenvalue weighted by Gasteiger charge is 2.26. The second-order valence-corrected chi connectivity index (χ2v) is 9.26. The van der Waals surface area contributed by atoms with Crippen molar-refractivity contribution in [3.63, 3.8) is 0 Å². The lowest BCUT2D eigenvalue weighted by atomic mass is 9.87. The molecule has 0 atom stereocenters. The molecule has 3 rings (SSSR count). The molecule has 1 aromatic carbocycles. The number of carbonyl (C=O) groups excluding carboxylic acids is 2. The van der Waals surface area contributed by atoms with Crippen LogP contribution in [0.15, 0.2) is 30.3 Å². The van der Waals surface area contributed by atoms with E-state index in [0.29, 0.717) is 51.2 Å². The summed E-state index contributed by atoms with van der Waals surface area (Å²) >= 11 is 12.8. The normalized spacial score (nSPS) is 18.3. The number of thiophene rings is 1. The minimum absolute atomic E-state index is 0.00741. The van der Waals surface area contributed by atoms with Crippen molar-refractivity contribution >= 4 is 52.3 Å². The van der Waals surface area contributed by atoms with Crippen LogP contribution in [0.5, 0.6) is 5.75 Å². The van der Waals surface area contributed by atoms with Crippen molar-refractivity contribution in [1.82, 2.24) is 10.6 Å². The smallest absolute Gasteiger partial charge is 0.306 e. The van der Waals surface area contributed by atoms with E-state index in [-0.39, 0.29) is 36.9 Å². The van der Waals surface area contributed by atoms with Crippen LogP contribution in [0.4, 0.5) is 0 Å². The minimum Gasteiger partial charge on any atom is -0.490 e. The van der Waals surface area contributed by atoms with Gasteiger partial charge in [-0.25, -0.2) is 0 Å². The Morgan fingerprint density at radius 1 is 1.00 bits per heavy atom. The summed E-state index contributed by atoms with van der Waals surface area (Å²) in [7, 11) is 0. The van der Waals surface area contributed by atoms with Gasteiger partial charge in [-0.1, -0.05) is 23.2 Å². The number of carbonyl (C=O) groups is 3. The SMILES string of the molecule is O=C(NCCNC(=O)c1cc(Cl)c(Cl)s1)c1ccc(O[C@H]2CC[C@@H](C(=O)O)CC2)cc1. The van der Waals surface area contributed by atoms with E-state index in [9.17, 15) is 14.4 Å². The van der Waals surface area contributed by atoms with Crippen LogP contribution in [-0.2, 0) is 4.79 Å². The molecule has 0 saturated heterocycles. The van der Waals surface area contributed by atoms with Gasteiger partial charge in [-0.05, 0) is 56.0 Å². The van der Waals surface area contributed by atoms with Crippen LogP contribution in [0.2, 0.25) is 9.36 Å². The van der Waals surface area contributed by atoms with E-state index >= 15 is 0 Å². The van der Waals surface area contributed by atoms with Crippen molar-refractivity contribution in [2.45, 2.75) is 31.8 Å². The van der Waals surface area contributed by atoms with E-state index in [1.807, 2.05) is 0 Å². The number of nitrogens with one attached hydrogen (secondary N) is 2. The molecule has 0 unspecified atom stereocenters. The highest BCUT2D eigenvalue weighted by atomic mass is 35.5. The van der Waals surface area contributed by atoms with E-state index in [4.69, 9.17) is 33.0 Å². The highest BCUT2D eigenvalue weighted by molar-refractivity contribution is 7.18. The first-order valence-corrected chi connectivity index (χ1v) is 11.4. The van der Waals surface area contributed by atoms with Crippen LogP contribution in [0.3, 0.4) is 0 Å². The summed E-state index contributed by atoms with van der Waals surface area (Å²) in [6.45, 7) is 0.528. The first-order valence-electron chi connectivity index (χ1n) is 9.84. The number of ether oxygens (including phenoxy) is 1. The zero-order valence-corrected chi connectivity index (χ0v) is 18.9. The summed E-state index contributed by atoms with van der Waals surface area (Å²) in [5.74, 6) is -0.932. The van der Waals surface area contributed by atoms with Gasteiger partial charge < -0.3 is 20.5 Å². The quantitative estimate of drug-likeness (QED) is 0.486.